The lowest BCUT2D eigenvalue weighted by Crippen LogP contribution is -2.36. The Labute approximate surface area is 121 Å². The molecule has 0 aliphatic rings. The minimum atomic E-state index is -0.328. The summed E-state index contributed by atoms with van der Waals surface area (Å²) in [5.41, 5.74) is 1.00. The summed E-state index contributed by atoms with van der Waals surface area (Å²) in [7, 11) is 1.64. The van der Waals surface area contributed by atoms with Crippen molar-refractivity contribution in [3.63, 3.8) is 0 Å². The minimum absolute atomic E-state index is 0.0579. The molecule has 20 heavy (non-hydrogen) atoms. The van der Waals surface area contributed by atoms with E-state index in [1.54, 1.807) is 13.3 Å². The molecular formula is C15H26N2O3. The van der Waals surface area contributed by atoms with E-state index in [4.69, 9.17) is 14.2 Å². The first kappa shape index (κ1) is 16.9. The Kier molecular flexibility index (Phi) is 8.18. The van der Waals surface area contributed by atoms with Crippen LogP contribution < -0.4 is 10.1 Å². The van der Waals surface area contributed by atoms with E-state index < -0.39 is 0 Å². The average molecular weight is 282 g/mol. The molecule has 0 aliphatic carbocycles. The largest absolute Gasteiger partial charge is 0.495 e. The fourth-order valence-electron chi connectivity index (χ4n) is 1.96. The summed E-state index contributed by atoms with van der Waals surface area (Å²) in [5.74, 6) is 0.734. The minimum Gasteiger partial charge on any atom is -0.495 e. The van der Waals surface area contributed by atoms with Crippen molar-refractivity contribution in [1.82, 2.24) is 10.3 Å². The van der Waals surface area contributed by atoms with E-state index in [-0.39, 0.29) is 12.3 Å². The Hall–Kier alpha value is -1.17. The van der Waals surface area contributed by atoms with Gasteiger partial charge in [-0.1, -0.05) is 6.92 Å². The van der Waals surface area contributed by atoms with E-state index in [1.165, 1.54) is 0 Å². The molecule has 0 saturated heterocycles. The van der Waals surface area contributed by atoms with Gasteiger partial charge in [0.1, 0.15) is 5.75 Å². The van der Waals surface area contributed by atoms with E-state index >= 15 is 0 Å². The van der Waals surface area contributed by atoms with Crippen molar-refractivity contribution in [3.05, 3.63) is 24.0 Å². The third-order valence-electron chi connectivity index (χ3n) is 2.88. The van der Waals surface area contributed by atoms with Crippen LogP contribution in [0.3, 0.4) is 0 Å². The second kappa shape index (κ2) is 9.69. The quantitative estimate of drug-likeness (QED) is 0.668. The predicted octanol–water partition coefficient (Wildman–Crippen LogP) is 2.53. The third kappa shape index (κ3) is 5.07. The van der Waals surface area contributed by atoms with Crippen molar-refractivity contribution in [3.8, 4) is 5.75 Å². The molecule has 5 heteroatoms. The second-order valence-electron chi connectivity index (χ2n) is 4.37. The highest BCUT2D eigenvalue weighted by atomic mass is 16.7. The zero-order valence-corrected chi connectivity index (χ0v) is 12.9. The fraction of sp³-hybridized carbons (Fsp3) is 0.667. The van der Waals surface area contributed by atoms with Crippen LogP contribution in [0.1, 0.15) is 38.8 Å². The van der Waals surface area contributed by atoms with Gasteiger partial charge in [0.25, 0.3) is 0 Å². The van der Waals surface area contributed by atoms with Crippen molar-refractivity contribution in [2.45, 2.75) is 39.5 Å². The summed E-state index contributed by atoms with van der Waals surface area (Å²) in [6.07, 6.45) is 4.22. The molecule has 0 spiro atoms. The summed E-state index contributed by atoms with van der Waals surface area (Å²) >= 11 is 0. The Morgan fingerprint density at radius 1 is 1.15 bits per heavy atom. The Morgan fingerprint density at radius 3 is 2.40 bits per heavy atom. The number of hydrogen-bond donors (Lipinski definition) is 1. The lowest BCUT2D eigenvalue weighted by atomic mass is 10.1. The van der Waals surface area contributed by atoms with Crippen molar-refractivity contribution >= 4 is 0 Å². The number of nitrogens with one attached hydrogen (secondary N) is 1. The molecular weight excluding hydrogens is 256 g/mol. The van der Waals surface area contributed by atoms with Gasteiger partial charge in [-0.05, 0) is 38.4 Å². The van der Waals surface area contributed by atoms with Crippen molar-refractivity contribution in [1.29, 1.82) is 0 Å². The molecule has 114 valence electrons. The molecule has 0 radical (unpaired) electrons. The number of nitrogens with zero attached hydrogens (tertiary/aromatic N) is 1. The van der Waals surface area contributed by atoms with Crippen LogP contribution in [-0.2, 0) is 9.47 Å². The molecule has 0 amide bonds. The summed E-state index contributed by atoms with van der Waals surface area (Å²) in [6.45, 7) is 8.15. The van der Waals surface area contributed by atoms with Crippen LogP contribution in [0.5, 0.6) is 5.75 Å². The van der Waals surface area contributed by atoms with Gasteiger partial charge < -0.3 is 19.5 Å². The molecule has 0 saturated carbocycles. The van der Waals surface area contributed by atoms with E-state index in [9.17, 15) is 0 Å². The first-order valence-electron chi connectivity index (χ1n) is 7.22. The van der Waals surface area contributed by atoms with Gasteiger partial charge in [-0.15, -0.1) is 0 Å². The molecule has 5 nitrogen and oxygen atoms in total. The lowest BCUT2D eigenvalue weighted by Gasteiger charge is -2.28. The van der Waals surface area contributed by atoms with E-state index in [0.717, 1.165) is 24.3 Å². The van der Waals surface area contributed by atoms with Gasteiger partial charge in [0, 0.05) is 19.4 Å². The second-order valence-corrected chi connectivity index (χ2v) is 4.37. The maximum Gasteiger partial charge on any atom is 0.176 e. The van der Waals surface area contributed by atoms with Gasteiger partial charge in [0.15, 0.2) is 6.29 Å². The van der Waals surface area contributed by atoms with Gasteiger partial charge in [0.05, 0.1) is 19.3 Å². The van der Waals surface area contributed by atoms with Crippen LogP contribution in [0.15, 0.2) is 18.5 Å². The Morgan fingerprint density at radius 2 is 1.85 bits per heavy atom. The van der Waals surface area contributed by atoms with E-state index in [2.05, 4.69) is 17.2 Å². The highest BCUT2D eigenvalue weighted by Crippen LogP contribution is 2.23. The van der Waals surface area contributed by atoms with Crippen LogP contribution in [0.25, 0.3) is 0 Å². The smallest absolute Gasteiger partial charge is 0.176 e. The molecule has 0 bridgehead atoms. The van der Waals surface area contributed by atoms with E-state index in [0.29, 0.717) is 13.2 Å². The first-order chi connectivity index (χ1) is 9.76. The molecule has 1 rings (SSSR count). The lowest BCUT2D eigenvalue weighted by molar-refractivity contribution is -0.155. The predicted molar refractivity (Wildman–Crippen MR) is 78.9 cm³/mol. The zero-order valence-electron chi connectivity index (χ0n) is 12.9. The van der Waals surface area contributed by atoms with Gasteiger partial charge in [-0.2, -0.15) is 0 Å². The molecule has 0 aliphatic heterocycles. The molecule has 0 aromatic carbocycles. The summed E-state index contributed by atoms with van der Waals surface area (Å²) in [4.78, 5) is 4.21. The highest BCUT2D eigenvalue weighted by molar-refractivity contribution is 5.26. The van der Waals surface area contributed by atoms with Crippen molar-refractivity contribution in [2.24, 2.45) is 0 Å². The number of pyridine rings is 1. The molecule has 0 fully saturated rings. The van der Waals surface area contributed by atoms with Crippen LogP contribution in [0, 0.1) is 0 Å². The fourth-order valence-corrected chi connectivity index (χ4v) is 1.96. The first-order valence-corrected chi connectivity index (χ1v) is 7.22. The Balaban J connectivity index is 2.94. The summed E-state index contributed by atoms with van der Waals surface area (Å²) < 4.78 is 16.7. The van der Waals surface area contributed by atoms with Crippen molar-refractivity contribution < 1.29 is 14.2 Å². The SMILES string of the molecule is CCCNC(c1cncc(OC)c1)C(OCC)OCC. The number of aromatic nitrogens is 1. The van der Waals surface area contributed by atoms with Gasteiger partial charge >= 0.3 is 0 Å². The highest BCUT2D eigenvalue weighted by Gasteiger charge is 2.24. The molecule has 1 unspecified atom stereocenters. The molecule has 1 aromatic heterocycles. The number of rotatable bonds is 10. The number of ether oxygens (including phenoxy) is 3. The number of hydrogen-bond acceptors (Lipinski definition) is 5. The van der Waals surface area contributed by atoms with E-state index in [1.807, 2.05) is 26.1 Å². The van der Waals surface area contributed by atoms with Crippen LogP contribution >= 0.6 is 0 Å². The molecule has 1 heterocycles. The molecule has 1 aromatic rings. The number of methoxy groups -OCH3 is 1. The zero-order chi connectivity index (χ0) is 14.8. The average Bonchev–Trinajstić information content (AvgIpc) is 2.48. The monoisotopic (exact) mass is 282 g/mol. The molecule has 1 atom stereocenters. The van der Waals surface area contributed by atoms with Gasteiger partial charge in [0.2, 0.25) is 0 Å². The molecule has 1 N–H and O–H groups in total. The normalized spacial score (nSPS) is 12.7. The van der Waals surface area contributed by atoms with Gasteiger partial charge in [-0.3, -0.25) is 4.98 Å². The standard InChI is InChI=1S/C15H26N2O3/c1-5-8-17-14(15(19-6-2)20-7-3)12-9-13(18-4)11-16-10-12/h9-11,14-15,17H,5-8H2,1-4H3. The third-order valence-corrected chi connectivity index (χ3v) is 2.88. The summed E-state index contributed by atoms with van der Waals surface area (Å²) in [6, 6.07) is 1.91. The van der Waals surface area contributed by atoms with Crippen LogP contribution in [0.2, 0.25) is 0 Å². The maximum absolute atomic E-state index is 5.72. The van der Waals surface area contributed by atoms with Crippen LogP contribution in [-0.4, -0.2) is 38.1 Å². The summed E-state index contributed by atoms with van der Waals surface area (Å²) in [5, 5.41) is 3.46. The van der Waals surface area contributed by atoms with Gasteiger partial charge in [-0.25, -0.2) is 0 Å². The topological polar surface area (TPSA) is 52.6 Å². The Bertz CT molecular complexity index is 368. The van der Waals surface area contributed by atoms with Crippen LogP contribution in [0.4, 0.5) is 0 Å². The maximum atomic E-state index is 5.72. The van der Waals surface area contributed by atoms with Crippen molar-refractivity contribution in [2.75, 3.05) is 26.9 Å².